The highest BCUT2D eigenvalue weighted by Gasteiger charge is 2.19. The number of nitrogens with two attached hydrogens (primary N) is 2. The fourth-order valence-corrected chi connectivity index (χ4v) is 3.16. The number of nitrogens with one attached hydrogen (secondary N) is 1. The van der Waals surface area contributed by atoms with Crippen molar-refractivity contribution in [1.29, 1.82) is 0 Å². The number of nitrogen functional groups attached to an aromatic ring is 1. The normalized spacial score (nSPS) is 12.8. The molecule has 2 heterocycles. The Morgan fingerprint density at radius 1 is 1.29 bits per heavy atom. The average molecular weight is 384 g/mol. The van der Waals surface area contributed by atoms with Crippen LogP contribution in [0.2, 0.25) is 0 Å². The van der Waals surface area contributed by atoms with Crippen LogP contribution in [0.5, 0.6) is 0 Å². The van der Waals surface area contributed by atoms with E-state index in [1.807, 2.05) is 49.6 Å². The summed E-state index contributed by atoms with van der Waals surface area (Å²) in [6.45, 7) is 7.69. The van der Waals surface area contributed by atoms with Crippen LogP contribution in [-0.4, -0.2) is 39.6 Å². The number of anilines is 1. The van der Waals surface area contributed by atoms with Crippen molar-refractivity contribution in [2.24, 2.45) is 11.7 Å². The molecule has 8 heteroatoms. The quantitative estimate of drug-likeness (QED) is 0.544. The maximum absolute atomic E-state index is 12.2. The Balaban J connectivity index is 1.97. The van der Waals surface area contributed by atoms with Gasteiger partial charge in [-0.2, -0.15) is 0 Å². The lowest BCUT2D eigenvalue weighted by molar-refractivity contribution is -0.123. The van der Waals surface area contributed by atoms with E-state index in [4.69, 9.17) is 16.2 Å². The first-order chi connectivity index (χ1) is 13.4. The van der Waals surface area contributed by atoms with Crippen LogP contribution in [0.15, 0.2) is 24.3 Å². The predicted molar refractivity (Wildman–Crippen MR) is 111 cm³/mol. The van der Waals surface area contributed by atoms with Crippen LogP contribution in [0, 0.1) is 5.92 Å². The number of hydrogen-bond acceptors (Lipinski definition) is 6. The lowest BCUT2D eigenvalue weighted by Crippen LogP contribution is -2.44. The van der Waals surface area contributed by atoms with E-state index in [9.17, 15) is 4.79 Å². The molecule has 0 fully saturated rings. The molecule has 0 spiro atoms. The van der Waals surface area contributed by atoms with Crippen LogP contribution in [0.25, 0.3) is 21.9 Å². The number of nitrogens with zero attached hydrogens (tertiary/aromatic N) is 3. The minimum atomic E-state index is -0.525. The fourth-order valence-electron chi connectivity index (χ4n) is 3.16. The van der Waals surface area contributed by atoms with Crippen molar-refractivity contribution in [3.63, 3.8) is 0 Å². The van der Waals surface area contributed by atoms with Crippen molar-refractivity contribution in [2.75, 3.05) is 18.9 Å². The summed E-state index contributed by atoms with van der Waals surface area (Å²) in [5.74, 6) is 1.06. The van der Waals surface area contributed by atoms with Gasteiger partial charge in [0.25, 0.3) is 0 Å². The number of para-hydroxylation sites is 1. The number of aromatic nitrogens is 3. The molecule has 0 aliphatic rings. The first-order valence-electron chi connectivity index (χ1n) is 9.58. The molecule has 1 atom stereocenters. The lowest BCUT2D eigenvalue weighted by Gasteiger charge is -2.16. The Hall–Kier alpha value is -2.71. The van der Waals surface area contributed by atoms with Gasteiger partial charge >= 0.3 is 0 Å². The highest BCUT2D eigenvalue weighted by Crippen LogP contribution is 2.28. The predicted octanol–water partition coefficient (Wildman–Crippen LogP) is 1.80. The van der Waals surface area contributed by atoms with Gasteiger partial charge in [-0.05, 0) is 18.9 Å². The smallest absolute Gasteiger partial charge is 0.237 e. The van der Waals surface area contributed by atoms with Crippen LogP contribution in [0.4, 0.5) is 5.82 Å². The molecule has 150 valence electrons. The van der Waals surface area contributed by atoms with E-state index in [-0.39, 0.29) is 11.8 Å². The number of rotatable bonds is 8. The molecule has 1 amide bonds. The number of fused-ring (bicyclic) bond motifs is 3. The zero-order valence-corrected chi connectivity index (χ0v) is 16.6. The van der Waals surface area contributed by atoms with Gasteiger partial charge in [-0.25, -0.2) is 9.97 Å². The van der Waals surface area contributed by atoms with Gasteiger partial charge in [0.1, 0.15) is 17.9 Å². The van der Waals surface area contributed by atoms with Crippen LogP contribution in [0.3, 0.4) is 0 Å². The van der Waals surface area contributed by atoms with Crippen molar-refractivity contribution in [2.45, 2.75) is 40.0 Å². The fraction of sp³-hybridized carbons (Fsp3) is 0.450. The second-order valence-electron chi connectivity index (χ2n) is 7.09. The van der Waals surface area contributed by atoms with Crippen molar-refractivity contribution < 1.29 is 9.53 Å². The Morgan fingerprint density at radius 2 is 2.04 bits per heavy atom. The Bertz CT molecular complexity index is 982. The first kappa shape index (κ1) is 20.0. The molecule has 1 aromatic carbocycles. The average Bonchev–Trinajstić information content (AvgIpc) is 3.05. The molecule has 5 N–H and O–H groups in total. The topological polar surface area (TPSA) is 121 Å². The third-order valence-corrected chi connectivity index (χ3v) is 4.78. The molecule has 0 aliphatic carbocycles. The molecule has 2 aromatic heterocycles. The second kappa shape index (κ2) is 8.53. The highest BCUT2D eigenvalue weighted by atomic mass is 16.5. The summed E-state index contributed by atoms with van der Waals surface area (Å²) in [5.41, 5.74) is 14.5. The van der Waals surface area contributed by atoms with Gasteiger partial charge in [0.2, 0.25) is 5.91 Å². The molecule has 3 aromatic rings. The van der Waals surface area contributed by atoms with E-state index in [1.54, 1.807) is 0 Å². The number of carbonyl (C=O) groups excluding carboxylic acids is 1. The lowest BCUT2D eigenvalue weighted by atomic mass is 10.1. The molecule has 8 nitrogen and oxygen atoms in total. The van der Waals surface area contributed by atoms with Crippen LogP contribution in [-0.2, 0) is 22.7 Å². The molecule has 3 rings (SSSR count). The van der Waals surface area contributed by atoms with Gasteiger partial charge in [0.05, 0.1) is 17.1 Å². The third-order valence-electron chi connectivity index (χ3n) is 4.78. The van der Waals surface area contributed by atoms with Crippen LogP contribution < -0.4 is 16.8 Å². The molecule has 0 bridgehead atoms. The molecular weight excluding hydrogens is 356 g/mol. The minimum absolute atomic E-state index is 0.0809. The maximum atomic E-state index is 12.2. The second-order valence-corrected chi connectivity index (χ2v) is 7.09. The maximum Gasteiger partial charge on any atom is 0.237 e. The third kappa shape index (κ3) is 3.93. The number of hydrogen-bond donors (Lipinski definition) is 3. The van der Waals surface area contributed by atoms with E-state index in [1.165, 1.54) is 0 Å². The number of benzene rings is 1. The summed E-state index contributed by atoms with van der Waals surface area (Å²) in [6, 6.07) is 7.29. The summed E-state index contributed by atoms with van der Waals surface area (Å²) in [5, 5.41) is 3.88. The molecule has 28 heavy (non-hydrogen) atoms. The summed E-state index contributed by atoms with van der Waals surface area (Å²) in [6.07, 6.45) is 0. The molecule has 0 saturated heterocycles. The molecular formula is C20H28N6O2. The molecule has 0 radical (unpaired) electrons. The minimum Gasteiger partial charge on any atom is -0.382 e. The molecule has 0 unspecified atom stereocenters. The largest absolute Gasteiger partial charge is 0.382 e. The number of carbonyl (C=O) groups is 1. The summed E-state index contributed by atoms with van der Waals surface area (Å²) >= 11 is 0. The highest BCUT2D eigenvalue weighted by molar-refractivity contribution is 6.06. The van der Waals surface area contributed by atoms with Crippen molar-refractivity contribution in [3.8, 4) is 0 Å². The number of pyridine rings is 1. The van der Waals surface area contributed by atoms with E-state index < -0.39 is 6.04 Å². The van der Waals surface area contributed by atoms with E-state index in [0.717, 1.165) is 22.2 Å². The Kier molecular flexibility index (Phi) is 6.11. The van der Waals surface area contributed by atoms with Gasteiger partial charge in [0.15, 0.2) is 5.82 Å². The van der Waals surface area contributed by atoms with Gasteiger partial charge in [-0.3, -0.25) is 4.79 Å². The monoisotopic (exact) mass is 384 g/mol. The summed E-state index contributed by atoms with van der Waals surface area (Å²) in [7, 11) is 0. The van der Waals surface area contributed by atoms with Crippen molar-refractivity contribution >= 4 is 33.7 Å². The molecule has 0 aliphatic heterocycles. The van der Waals surface area contributed by atoms with Gasteiger partial charge in [0, 0.05) is 25.1 Å². The number of amides is 1. The standard InChI is InChI=1S/C20H28N6O2/c1-4-28-11-15-25-17-18(13-7-5-6-8-14(13)24-19(17)22)26(15)10-9-23-20(27)16(21)12(2)3/h5-8,12,16H,4,9-11,21H2,1-3H3,(H2,22,24)(H,23,27)/t16-/m0/s1. The Morgan fingerprint density at radius 3 is 2.75 bits per heavy atom. The number of imidazole rings is 1. The van der Waals surface area contributed by atoms with E-state index in [0.29, 0.717) is 37.6 Å². The summed E-state index contributed by atoms with van der Waals surface area (Å²) < 4.78 is 7.64. The SMILES string of the molecule is CCOCc1nc2c(N)nc3ccccc3c2n1CCNC(=O)[C@@H](N)C(C)C. The van der Waals surface area contributed by atoms with E-state index >= 15 is 0 Å². The Labute approximate surface area is 164 Å². The van der Waals surface area contributed by atoms with Crippen molar-refractivity contribution in [1.82, 2.24) is 19.9 Å². The molecule has 0 saturated carbocycles. The van der Waals surface area contributed by atoms with Gasteiger partial charge in [-0.1, -0.05) is 32.0 Å². The van der Waals surface area contributed by atoms with Gasteiger partial charge in [-0.15, -0.1) is 0 Å². The van der Waals surface area contributed by atoms with Crippen molar-refractivity contribution in [3.05, 3.63) is 30.1 Å². The number of ether oxygens (including phenoxy) is 1. The zero-order chi connectivity index (χ0) is 20.3. The van der Waals surface area contributed by atoms with Crippen LogP contribution in [0.1, 0.15) is 26.6 Å². The van der Waals surface area contributed by atoms with E-state index in [2.05, 4.69) is 15.3 Å². The zero-order valence-electron chi connectivity index (χ0n) is 16.6. The first-order valence-corrected chi connectivity index (χ1v) is 9.58. The van der Waals surface area contributed by atoms with Gasteiger partial charge < -0.3 is 26.1 Å². The van der Waals surface area contributed by atoms with Crippen LogP contribution >= 0.6 is 0 Å². The summed E-state index contributed by atoms with van der Waals surface area (Å²) in [4.78, 5) is 21.3.